The van der Waals surface area contributed by atoms with Crippen LogP contribution in [0.3, 0.4) is 0 Å². The topological polar surface area (TPSA) is 29.5 Å². The number of hydrogen-bond donors (Lipinski definition) is 0. The SMILES string of the molecule is O=C(C1CCCCO1)N1CCC[C@H]1CCl. The first kappa shape index (κ1) is 11.2. The van der Waals surface area contributed by atoms with Gasteiger partial charge < -0.3 is 9.64 Å². The van der Waals surface area contributed by atoms with Gasteiger partial charge in [-0.15, -0.1) is 11.6 Å². The van der Waals surface area contributed by atoms with Gasteiger partial charge in [0, 0.05) is 25.1 Å². The Labute approximate surface area is 95.7 Å². The third-order valence-corrected chi connectivity index (χ3v) is 3.65. The summed E-state index contributed by atoms with van der Waals surface area (Å²) in [5, 5.41) is 0. The molecule has 2 aliphatic heterocycles. The van der Waals surface area contributed by atoms with E-state index in [2.05, 4.69) is 0 Å². The number of amides is 1. The van der Waals surface area contributed by atoms with E-state index in [1.807, 2.05) is 4.90 Å². The van der Waals surface area contributed by atoms with E-state index >= 15 is 0 Å². The predicted molar refractivity (Wildman–Crippen MR) is 59.0 cm³/mol. The lowest BCUT2D eigenvalue weighted by molar-refractivity contribution is -0.146. The summed E-state index contributed by atoms with van der Waals surface area (Å²) in [6.07, 6.45) is 5.00. The van der Waals surface area contributed by atoms with Crippen LogP contribution in [0.4, 0.5) is 0 Å². The Morgan fingerprint density at radius 2 is 2.20 bits per heavy atom. The molecule has 0 spiro atoms. The van der Waals surface area contributed by atoms with Gasteiger partial charge in [-0.1, -0.05) is 0 Å². The lowest BCUT2D eigenvalue weighted by atomic mass is 10.1. The summed E-state index contributed by atoms with van der Waals surface area (Å²) in [7, 11) is 0. The summed E-state index contributed by atoms with van der Waals surface area (Å²) in [6.45, 7) is 1.59. The van der Waals surface area contributed by atoms with Crippen molar-refractivity contribution in [1.29, 1.82) is 0 Å². The highest BCUT2D eigenvalue weighted by Crippen LogP contribution is 2.23. The molecule has 86 valence electrons. The van der Waals surface area contributed by atoms with Gasteiger partial charge in [-0.2, -0.15) is 0 Å². The number of rotatable bonds is 2. The lowest BCUT2D eigenvalue weighted by Crippen LogP contribution is -2.44. The minimum Gasteiger partial charge on any atom is -0.368 e. The van der Waals surface area contributed by atoms with Gasteiger partial charge in [-0.3, -0.25) is 4.79 Å². The largest absolute Gasteiger partial charge is 0.368 e. The summed E-state index contributed by atoms with van der Waals surface area (Å²) in [6, 6.07) is 0.240. The number of likely N-dealkylation sites (tertiary alicyclic amines) is 1. The number of carbonyl (C=O) groups excluding carboxylic acids is 1. The Morgan fingerprint density at radius 1 is 1.33 bits per heavy atom. The van der Waals surface area contributed by atoms with Crippen molar-refractivity contribution in [3.8, 4) is 0 Å². The summed E-state index contributed by atoms with van der Waals surface area (Å²) in [5.41, 5.74) is 0. The van der Waals surface area contributed by atoms with Crippen molar-refractivity contribution in [2.45, 2.75) is 44.2 Å². The minimum absolute atomic E-state index is 0.165. The fraction of sp³-hybridized carbons (Fsp3) is 0.909. The Bertz CT molecular complexity index is 229. The van der Waals surface area contributed by atoms with Crippen LogP contribution in [0.5, 0.6) is 0 Å². The van der Waals surface area contributed by atoms with Gasteiger partial charge in [0.15, 0.2) is 0 Å². The molecule has 0 N–H and O–H groups in total. The maximum absolute atomic E-state index is 12.1. The molecule has 15 heavy (non-hydrogen) atoms. The molecule has 4 heteroatoms. The van der Waals surface area contributed by atoms with Crippen molar-refractivity contribution in [1.82, 2.24) is 4.90 Å². The molecule has 0 saturated carbocycles. The normalized spacial score (nSPS) is 31.9. The van der Waals surface area contributed by atoms with Crippen LogP contribution in [0.25, 0.3) is 0 Å². The zero-order valence-electron chi connectivity index (χ0n) is 8.95. The summed E-state index contributed by atoms with van der Waals surface area (Å²) in [4.78, 5) is 14.0. The zero-order valence-corrected chi connectivity index (χ0v) is 9.71. The van der Waals surface area contributed by atoms with Crippen LogP contribution >= 0.6 is 11.6 Å². The van der Waals surface area contributed by atoms with E-state index < -0.39 is 0 Å². The Balaban J connectivity index is 1.93. The molecule has 2 heterocycles. The van der Waals surface area contributed by atoms with E-state index in [9.17, 15) is 4.79 Å². The van der Waals surface area contributed by atoms with Crippen molar-refractivity contribution >= 4 is 17.5 Å². The van der Waals surface area contributed by atoms with Crippen LogP contribution in [0, 0.1) is 0 Å². The first-order valence-electron chi connectivity index (χ1n) is 5.81. The van der Waals surface area contributed by atoms with Gasteiger partial charge in [0.05, 0.1) is 0 Å². The molecular weight excluding hydrogens is 214 g/mol. The number of carbonyl (C=O) groups is 1. The predicted octanol–water partition coefficient (Wildman–Crippen LogP) is 1.79. The lowest BCUT2D eigenvalue weighted by Gasteiger charge is -2.29. The van der Waals surface area contributed by atoms with Crippen LogP contribution in [-0.4, -0.2) is 42.0 Å². The Morgan fingerprint density at radius 3 is 2.87 bits per heavy atom. The van der Waals surface area contributed by atoms with Gasteiger partial charge in [0.2, 0.25) is 0 Å². The second kappa shape index (κ2) is 5.17. The van der Waals surface area contributed by atoms with Crippen LogP contribution in [0.1, 0.15) is 32.1 Å². The number of halogens is 1. The highest BCUT2D eigenvalue weighted by molar-refractivity contribution is 6.18. The van der Waals surface area contributed by atoms with E-state index in [1.54, 1.807) is 0 Å². The molecule has 1 unspecified atom stereocenters. The highest BCUT2D eigenvalue weighted by atomic mass is 35.5. The fourth-order valence-corrected chi connectivity index (χ4v) is 2.73. The van der Waals surface area contributed by atoms with E-state index in [0.29, 0.717) is 5.88 Å². The number of hydrogen-bond acceptors (Lipinski definition) is 2. The summed E-state index contributed by atoms with van der Waals surface area (Å²) >= 11 is 5.85. The third kappa shape index (κ3) is 2.45. The summed E-state index contributed by atoms with van der Waals surface area (Å²) in [5.74, 6) is 0.719. The van der Waals surface area contributed by atoms with Gasteiger partial charge in [0.1, 0.15) is 6.10 Å². The second-order valence-corrected chi connectivity index (χ2v) is 4.65. The smallest absolute Gasteiger partial charge is 0.251 e. The molecule has 2 atom stereocenters. The highest BCUT2D eigenvalue weighted by Gasteiger charge is 2.33. The number of alkyl halides is 1. The zero-order chi connectivity index (χ0) is 10.7. The minimum atomic E-state index is -0.192. The third-order valence-electron chi connectivity index (χ3n) is 3.29. The van der Waals surface area contributed by atoms with Crippen LogP contribution in [0.15, 0.2) is 0 Å². The molecule has 0 aliphatic carbocycles. The standard InChI is InChI=1S/C11H18ClNO2/c12-8-9-4-3-6-13(9)11(14)10-5-1-2-7-15-10/h9-10H,1-8H2/t9-,10?/m0/s1. The van der Waals surface area contributed by atoms with Crippen LogP contribution in [0.2, 0.25) is 0 Å². The van der Waals surface area contributed by atoms with Crippen molar-refractivity contribution in [2.24, 2.45) is 0 Å². The van der Waals surface area contributed by atoms with Gasteiger partial charge in [-0.05, 0) is 32.1 Å². The van der Waals surface area contributed by atoms with Crippen LogP contribution < -0.4 is 0 Å². The van der Waals surface area contributed by atoms with Crippen molar-refractivity contribution in [3.63, 3.8) is 0 Å². The fourth-order valence-electron chi connectivity index (χ4n) is 2.41. The van der Waals surface area contributed by atoms with Crippen molar-refractivity contribution in [2.75, 3.05) is 19.0 Å². The second-order valence-electron chi connectivity index (χ2n) is 4.34. The number of ether oxygens (including phenoxy) is 1. The molecule has 0 aromatic heterocycles. The Hall–Kier alpha value is -0.280. The average molecular weight is 232 g/mol. The molecule has 0 aromatic rings. The maximum atomic E-state index is 12.1. The Kier molecular flexibility index (Phi) is 3.87. The van der Waals surface area contributed by atoms with E-state index in [4.69, 9.17) is 16.3 Å². The first-order valence-corrected chi connectivity index (χ1v) is 6.34. The molecular formula is C11H18ClNO2. The van der Waals surface area contributed by atoms with E-state index in [1.165, 1.54) is 0 Å². The van der Waals surface area contributed by atoms with Crippen molar-refractivity contribution in [3.05, 3.63) is 0 Å². The maximum Gasteiger partial charge on any atom is 0.251 e. The molecule has 0 radical (unpaired) electrons. The average Bonchev–Trinajstić information content (AvgIpc) is 2.77. The van der Waals surface area contributed by atoms with Crippen molar-refractivity contribution < 1.29 is 9.53 Å². The summed E-state index contributed by atoms with van der Waals surface area (Å²) < 4.78 is 5.51. The molecule has 2 rings (SSSR count). The van der Waals surface area contributed by atoms with Gasteiger partial charge in [0.25, 0.3) is 5.91 Å². The van der Waals surface area contributed by atoms with Gasteiger partial charge >= 0.3 is 0 Å². The van der Waals surface area contributed by atoms with Crippen LogP contribution in [-0.2, 0) is 9.53 Å². The molecule has 3 nitrogen and oxygen atoms in total. The molecule has 0 aromatic carbocycles. The molecule has 1 amide bonds. The molecule has 2 fully saturated rings. The quantitative estimate of drug-likeness (QED) is 0.679. The monoisotopic (exact) mass is 231 g/mol. The first-order chi connectivity index (χ1) is 7.33. The molecule has 2 aliphatic rings. The van der Waals surface area contributed by atoms with Gasteiger partial charge in [-0.25, -0.2) is 0 Å². The van der Waals surface area contributed by atoms with E-state index in [-0.39, 0.29) is 18.1 Å². The molecule has 0 bridgehead atoms. The number of nitrogens with zero attached hydrogens (tertiary/aromatic N) is 1. The molecule has 2 saturated heterocycles. The van der Waals surface area contributed by atoms with E-state index in [0.717, 1.165) is 45.3 Å².